The number of para-hydroxylation sites is 1. The molecule has 0 aromatic heterocycles. The summed E-state index contributed by atoms with van der Waals surface area (Å²) in [5, 5.41) is 0. The van der Waals surface area contributed by atoms with Crippen LogP contribution in [0.5, 0.6) is 5.75 Å². The van der Waals surface area contributed by atoms with Crippen LogP contribution < -0.4 is 4.74 Å². The van der Waals surface area contributed by atoms with Crippen LogP contribution in [0.4, 0.5) is 0 Å². The Labute approximate surface area is 129 Å². The molecule has 0 radical (unpaired) electrons. The highest BCUT2D eigenvalue weighted by Gasteiger charge is 2.48. The predicted molar refractivity (Wildman–Crippen MR) is 88.0 cm³/mol. The van der Waals surface area contributed by atoms with Crippen LogP contribution in [0.1, 0.15) is 63.9 Å². The number of hydrogen-bond acceptors (Lipinski definition) is 2. The van der Waals surface area contributed by atoms with Crippen molar-refractivity contribution in [3.8, 4) is 5.75 Å². The zero-order valence-electron chi connectivity index (χ0n) is 13.6. The smallest absolute Gasteiger partial charge is 0.123 e. The third kappa shape index (κ3) is 2.83. The van der Waals surface area contributed by atoms with Gasteiger partial charge in [-0.2, -0.15) is 0 Å². The molecule has 0 N–H and O–H groups in total. The first kappa shape index (κ1) is 14.9. The van der Waals surface area contributed by atoms with Crippen LogP contribution in [0.15, 0.2) is 24.3 Å². The molecule has 1 fully saturated rings. The Morgan fingerprint density at radius 3 is 2.81 bits per heavy atom. The molecule has 1 saturated carbocycles. The number of rotatable bonds is 6. The first-order valence-corrected chi connectivity index (χ1v) is 8.79. The Morgan fingerprint density at radius 1 is 1.19 bits per heavy atom. The van der Waals surface area contributed by atoms with Crippen molar-refractivity contribution in [3.63, 3.8) is 0 Å². The number of benzene rings is 1. The van der Waals surface area contributed by atoms with Crippen LogP contribution in [-0.2, 0) is 0 Å². The summed E-state index contributed by atoms with van der Waals surface area (Å²) in [6, 6.07) is 8.74. The van der Waals surface area contributed by atoms with E-state index in [4.69, 9.17) is 4.74 Å². The Kier molecular flexibility index (Phi) is 4.54. The van der Waals surface area contributed by atoms with E-state index in [0.717, 1.165) is 18.8 Å². The van der Waals surface area contributed by atoms with Crippen molar-refractivity contribution >= 4 is 0 Å². The molecule has 1 aromatic carbocycles. The van der Waals surface area contributed by atoms with E-state index in [1.165, 1.54) is 50.6 Å². The first-order valence-electron chi connectivity index (χ1n) is 8.79. The highest BCUT2D eigenvalue weighted by molar-refractivity contribution is 5.43. The third-order valence-corrected chi connectivity index (χ3v) is 5.55. The summed E-state index contributed by atoms with van der Waals surface area (Å²) in [6.07, 6.45) is 7.71. The van der Waals surface area contributed by atoms with E-state index in [-0.39, 0.29) is 5.60 Å². The van der Waals surface area contributed by atoms with Crippen LogP contribution in [0.2, 0.25) is 0 Å². The Morgan fingerprint density at radius 2 is 2.00 bits per heavy atom. The molecular weight excluding hydrogens is 258 g/mol. The van der Waals surface area contributed by atoms with Crippen molar-refractivity contribution in [1.82, 2.24) is 4.90 Å². The molecular formula is C19H29NO. The molecule has 2 nitrogen and oxygen atoms in total. The molecule has 1 aliphatic heterocycles. The fourth-order valence-electron chi connectivity index (χ4n) is 4.34. The average Bonchev–Trinajstić information content (AvgIpc) is 2.86. The largest absolute Gasteiger partial charge is 0.486 e. The maximum Gasteiger partial charge on any atom is 0.123 e. The number of fused-ring (bicyclic) bond motifs is 3. The summed E-state index contributed by atoms with van der Waals surface area (Å²) in [6.45, 7) is 8.05. The molecule has 0 amide bonds. The summed E-state index contributed by atoms with van der Waals surface area (Å²) in [4.78, 5) is 2.52. The minimum absolute atomic E-state index is 0.106. The summed E-state index contributed by atoms with van der Waals surface area (Å²) in [5.41, 5.74) is 1.58. The van der Waals surface area contributed by atoms with Gasteiger partial charge in [-0.25, -0.2) is 0 Å². The van der Waals surface area contributed by atoms with E-state index >= 15 is 0 Å². The normalized spacial score (nSPS) is 27.3. The van der Waals surface area contributed by atoms with Gasteiger partial charge >= 0.3 is 0 Å². The maximum atomic E-state index is 6.53. The molecule has 1 aliphatic carbocycles. The summed E-state index contributed by atoms with van der Waals surface area (Å²) < 4.78 is 6.53. The van der Waals surface area contributed by atoms with Crippen molar-refractivity contribution in [1.29, 1.82) is 0 Å². The van der Waals surface area contributed by atoms with Crippen LogP contribution in [-0.4, -0.2) is 30.1 Å². The minimum Gasteiger partial charge on any atom is -0.486 e. The molecule has 1 heterocycles. The fraction of sp³-hybridized carbons (Fsp3) is 0.684. The van der Waals surface area contributed by atoms with Crippen LogP contribution in [0, 0.1) is 0 Å². The molecule has 2 unspecified atom stereocenters. The second kappa shape index (κ2) is 6.39. The van der Waals surface area contributed by atoms with Crippen molar-refractivity contribution in [2.45, 2.75) is 63.9 Å². The molecule has 0 spiro atoms. The lowest BCUT2D eigenvalue weighted by molar-refractivity contribution is 0.0231. The van der Waals surface area contributed by atoms with Crippen molar-refractivity contribution in [2.24, 2.45) is 0 Å². The fourth-order valence-corrected chi connectivity index (χ4v) is 4.34. The van der Waals surface area contributed by atoms with Crippen molar-refractivity contribution in [2.75, 3.05) is 19.6 Å². The van der Waals surface area contributed by atoms with Gasteiger partial charge in [0, 0.05) is 11.5 Å². The molecule has 2 aliphatic rings. The number of nitrogens with zero attached hydrogens (tertiary/aromatic N) is 1. The van der Waals surface area contributed by atoms with Gasteiger partial charge in [0.15, 0.2) is 0 Å². The zero-order chi connectivity index (χ0) is 14.7. The highest BCUT2D eigenvalue weighted by Crippen LogP contribution is 2.53. The lowest BCUT2D eigenvalue weighted by atomic mass is 9.71. The first-order chi connectivity index (χ1) is 10.3. The van der Waals surface area contributed by atoms with Crippen LogP contribution in [0.3, 0.4) is 0 Å². The molecule has 21 heavy (non-hydrogen) atoms. The predicted octanol–water partition coefficient (Wildman–Crippen LogP) is 4.60. The van der Waals surface area contributed by atoms with Gasteiger partial charge in [-0.15, -0.1) is 0 Å². The monoisotopic (exact) mass is 287 g/mol. The van der Waals surface area contributed by atoms with Gasteiger partial charge in [-0.1, -0.05) is 38.5 Å². The summed E-state index contributed by atoms with van der Waals surface area (Å²) in [7, 11) is 0. The SMILES string of the molecule is CCN(CC)CCCC12CCCCC1c1ccccc1O2. The van der Waals surface area contributed by atoms with Gasteiger partial charge in [0.2, 0.25) is 0 Å². The van der Waals surface area contributed by atoms with E-state index in [0.29, 0.717) is 5.92 Å². The highest BCUT2D eigenvalue weighted by atomic mass is 16.5. The number of ether oxygens (including phenoxy) is 1. The van der Waals surface area contributed by atoms with Gasteiger partial charge in [-0.05, 0) is 57.8 Å². The quantitative estimate of drug-likeness (QED) is 0.758. The standard InChI is InChI=1S/C19H29NO/c1-3-20(4-2)15-9-14-19-13-8-7-11-17(19)16-10-5-6-12-18(16)21-19/h5-6,10,12,17H,3-4,7-9,11,13-15H2,1-2H3. The lowest BCUT2D eigenvalue weighted by Gasteiger charge is -2.39. The maximum absolute atomic E-state index is 6.53. The molecule has 0 saturated heterocycles. The van der Waals surface area contributed by atoms with Crippen LogP contribution in [0.25, 0.3) is 0 Å². The van der Waals surface area contributed by atoms with Gasteiger partial charge in [0.05, 0.1) is 0 Å². The molecule has 1 aromatic rings. The van der Waals surface area contributed by atoms with E-state index in [9.17, 15) is 0 Å². The molecule has 116 valence electrons. The second-order valence-electron chi connectivity index (χ2n) is 6.63. The summed E-state index contributed by atoms with van der Waals surface area (Å²) in [5.74, 6) is 1.80. The van der Waals surface area contributed by atoms with Crippen LogP contribution >= 0.6 is 0 Å². The third-order valence-electron chi connectivity index (χ3n) is 5.55. The molecule has 3 rings (SSSR count). The van der Waals surface area contributed by atoms with Gasteiger partial charge in [0.25, 0.3) is 0 Å². The topological polar surface area (TPSA) is 12.5 Å². The van der Waals surface area contributed by atoms with Crippen molar-refractivity contribution < 1.29 is 4.74 Å². The van der Waals surface area contributed by atoms with Gasteiger partial charge in [-0.3, -0.25) is 0 Å². The molecule has 2 atom stereocenters. The number of hydrogen-bond donors (Lipinski definition) is 0. The van der Waals surface area contributed by atoms with E-state index in [1.807, 2.05) is 0 Å². The average molecular weight is 287 g/mol. The Balaban J connectivity index is 1.70. The van der Waals surface area contributed by atoms with Gasteiger partial charge < -0.3 is 9.64 Å². The lowest BCUT2D eigenvalue weighted by Crippen LogP contribution is -2.41. The van der Waals surface area contributed by atoms with Crippen molar-refractivity contribution in [3.05, 3.63) is 29.8 Å². The molecule has 0 bridgehead atoms. The van der Waals surface area contributed by atoms with E-state index in [2.05, 4.69) is 43.0 Å². The Bertz CT molecular complexity index is 468. The minimum atomic E-state index is 0.106. The zero-order valence-corrected chi connectivity index (χ0v) is 13.6. The summed E-state index contributed by atoms with van der Waals surface area (Å²) >= 11 is 0. The van der Waals surface area contributed by atoms with E-state index in [1.54, 1.807) is 0 Å². The second-order valence-corrected chi connectivity index (χ2v) is 6.63. The van der Waals surface area contributed by atoms with Gasteiger partial charge in [0.1, 0.15) is 11.4 Å². The Hall–Kier alpha value is -1.02. The molecule has 2 heteroatoms. The van der Waals surface area contributed by atoms with E-state index < -0.39 is 0 Å².